The molecule has 0 bridgehead atoms. The summed E-state index contributed by atoms with van der Waals surface area (Å²) in [7, 11) is 0. The van der Waals surface area contributed by atoms with E-state index in [2.05, 4.69) is 21.2 Å². The van der Waals surface area contributed by atoms with Crippen LogP contribution in [0.4, 0.5) is 0 Å². The first-order chi connectivity index (χ1) is 7.18. The van der Waals surface area contributed by atoms with Crippen molar-refractivity contribution in [2.45, 2.75) is 25.3 Å². The largest absolute Gasteiger partial charge is 0.506 e. The van der Waals surface area contributed by atoms with E-state index in [-0.39, 0.29) is 6.04 Å². The van der Waals surface area contributed by atoms with Crippen LogP contribution in [0, 0.1) is 0 Å². The smallest absolute Gasteiger partial charge is 0.134 e. The number of phenolic OH excluding ortho intramolecular Hbond substituents is 1. The highest BCUT2D eigenvalue weighted by Crippen LogP contribution is 2.37. The van der Waals surface area contributed by atoms with Gasteiger partial charge in [-0.15, -0.1) is 0 Å². The molecule has 1 aromatic carbocycles. The van der Waals surface area contributed by atoms with Crippen molar-refractivity contribution in [3.63, 3.8) is 0 Å². The Labute approximate surface area is 103 Å². The average Bonchev–Trinajstić information content (AvgIpc) is 2.24. The maximum Gasteiger partial charge on any atom is 0.134 e. The highest BCUT2D eigenvalue weighted by Gasteiger charge is 2.19. The Morgan fingerprint density at radius 1 is 1.40 bits per heavy atom. The van der Waals surface area contributed by atoms with Crippen LogP contribution in [0.2, 0.25) is 5.02 Å². The van der Waals surface area contributed by atoms with E-state index < -0.39 is 0 Å². The molecule has 82 valence electrons. The van der Waals surface area contributed by atoms with Gasteiger partial charge in [0.15, 0.2) is 0 Å². The first-order valence-corrected chi connectivity index (χ1v) is 6.27. The molecule has 2 rings (SSSR count). The van der Waals surface area contributed by atoms with E-state index in [1.54, 1.807) is 6.07 Å². The predicted molar refractivity (Wildman–Crippen MR) is 65.4 cm³/mol. The van der Waals surface area contributed by atoms with Crippen LogP contribution >= 0.6 is 27.5 Å². The molecular formula is C11H13BrClNO. The number of hydrogen-bond acceptors (Lipinski definition) is 2. The Morgan fingerprint density at radius 2 is 2.20 bits per heavy atom. The summed E-state index contributed by atoms with van der Waals surface area (Å²) in [6.07, 6.45) is 3.46. The van der Waals surface area contributed by atoms with Gasteiger partial charge in [-0.25, -0.2) is 0 Å². The van der Waals surface area contributed by atoms with Gasteiger partial charge in [-0.05, 0) is 47.4 Å². The molecule has 0 unspecified atom stereocenters. The summed E-state index contributed by atoms with van der Waals surface area (Å²) in [5, 5.41) is 14.0. The summed E-state index contributed by atoms with van der Waals surface area (Å²) >= 11 is 9.27. The van der Waals surface area contributed by atoms with Gasteiger partial charge in [0.1, 0.15) is 5.75 Å². The minimum Gasteiger partial charge on any atom is -0.506 e. The van der Waals surface area contributed by atoms with Crippen LogP contribution in [0.3, 0.4) is 0 Å². The molecule has 2 N–H and O–H groups in total. The maximum absolute atomic E-state index is 9.93. The molecule has 15 heavy (non-hydrogen) atoms. The van der Waals surface area contributed by atoms with Gasteiger partial charge in [-0.2, -0.15) is 0 Å². The number of piperidine rings is 1. The molecule has 0 amide bonds. The molecule has 2 nitrogen and oxygen atoms in total. The second-order valence-electron chi connectivity index (χ2n) is 3.83. The fourth-order valence-electron chi connectivity index (χ4n) is 1.97. The van der Waals surface area contributed by atoms with Crippen molar-refractivity contribution in [1.82, 2.24) is 5.32 Å². The number of rotatable bonds is 1. The minimum absolute atomic E-state index is 0.230. The van der Waals surface area contributed by atoms with Gasteiger partial charge in [0.25, 0.3) is 0 Å². The zero-order valence-corrected chi connectivity index (χ0v) is 10.6. The maximum atomic E-state index is 9.93. The number of aromatic hydroxyl groups is 1. The van der Waals surface area contributed by atoms with E-state index in [0.29, 0.717) is 15.2 Å². The Balaban J connectivity index is 2.33. The molecule has 0 aliphatic carbocycles. The molecular weight excluding hydrogens is 277 g/mol. The Morgan fingerprint density at radius 3 is 2.87 bits per heavy atom. The quantitative estimate of drug-likeness (QED) is 0.828. The van der Waals surface area contributed by atoms with Crippen molar-refractivity contribution in [2.75, 3.05) is 6.54 Å². The first-order valence-electron chi connectivity index (χ1n) is 5.10. The molecule has 1 atom stereocenters. The number of nitrogens with one attached hydrogen (secondary N) is 1. The minimum atomic E-state index is 0.230. The SMILES string of the molecule is Oc1c(Br)cc(Cl)cc1[C@@H]1CCCCN1. The van der Waals surface area contributed by atoms with Crippen molar-refractivity contribution in [2.24, 2.45) is 0 Å². The second-order valence-corrected chi connectivity index (χ2v) is 5.12. The van der Waals surface area contributed by atoms with Crippen LogP contribution in [-0.2, 0) is 0 Å². The summed E-state index contributed by atoms with van der Waals surface area (Å²) in [6.45, 7) is 1.01. The molecule has 0 saturated carbocycles. The third-order valence-electron chi connectivity index (χ3n) is 2.74. The molecule has 1 saturated heterocycles. The summed E-state index contributed by atoms with van der Waals surface area (Å²) in [5.74, 6) is 0.304. The van der Waals surface area contributed by atoms with Crippen molar-refractivity contribution in [1.29, 1.82) is 0 Å². The lowest BCUT2D eigenvalue weighted by molar-refractivity contribution is 0.390. The third-order valence-corrected chi connectivity index (χ3v) is 3.57. The number of phenols is 1. The molecule has 0 spiro atoms. The number of hydrogen-bond donors (Lipinski definition) is 2. The van der Waals surface area contributed by atoms with Crippen LogP contribution in [0.1, 0.15) is 30.9 Å². The van der Waals surface area contributed by atoms with Crippen LogP contribution in [0.5, 0.6) is 5.75 Å². The average molecular weight is 291 g/mol. The standard InChI is InChI=1S/C11H13BrClNO/c12-9-6-7(13)5-8(11(9)15)10-3-1-2-4-14-10/h5-6,10,14-15H,1-4H2/t10-/m0/s1. The van der Waals surface area contributed by atoms with Crippen molar-refractivity contribution in [3.05, 3.63) is 27.2 Å². The van der Waals surface area contributed by atoms with Gasteiger partial charge in [0, 0.05) is 16.6 Å². The second kappa shape index (κ2) is 4.73. The van der Waals surface area contributed by atoms with Crippen molar-refractivity contribution < 1.29 is 5.11 Å². The fourth-order valence-corrected chi connectivity index (χ4v) is 2.80. The van der Waals surface area contributed by atoms with E-state index in [1.807, 2.05) is 6.07 Å². The van der Waals surface area contributed by atoms with E-state index in [9.17, 15) is 5.11 Å². The van der Waals surface area contributed by atoms with Crippen LogP contribution in [-0.4, -0.2) is 11.7 Å². The van der Waals surface area contributed by atoms with Gasteiger partial charge in [-0.3, -0.25) is 0 Å². The van der Waals surface area contributed by atoms with Gasteiger partial charge in [-0.1, -0.05) is 18.0 Å². The van der Waals surface area contributed by atoms with Crippen molar-refractivity contribution >= 4 is 27.5 Å². The van der Waals surface area contributed by atoms with E-state index in [4.69, 9.17) is 11.6 Å². The van der Waals surface area contributed by atoms with Gasteiger partial charge in [0.05, 0.1) is 4.47 Å². The fraction of sp³-hybridized carbons (Fsp3) is 0.455. The number of benzene rings is 1. The van der Waals surface area contributed by atoms with E-state index in [0.717, 1.165) is 18.5 Å². The lowest BCUT2D eigenvalue weighted by atomic mass is 9.97. The van der Waals surface area contributed by atoms with Crippen LogP contribution < -0.4 is 5.32 Å². The molecule has 1 aliphatic heterocycles. The highest BCUT2D eigenvalue weighted by molar-refractivity contribution is 9.10. The Kier molecular flexibility index (Phi) is 3.54. The van der Waals surface area contributed by atoms with E-state index in [1.165, 1.54) is 12.8 Å². The van der Waals surface area contributed by atoms with E-state index >= 15 is 0 Å². The Hall–Kier alpha value is -0.250. The summed E-state index contributed by atoms with van der Waals surface area (Å²) in [6, 6.07) is 3.78. The van der Waals surface area contributed by atoms with Gasteiger partial charge in [0.2, 0.25) is 0 Å². The first kappa shape index (κ1) is 11.2. The lowest BCUT2D eigenvalue weighted by Gasteiger charge is -2.25. The predicted octanol–water partition coefficient (Wildman–Crippen LogP) is 3.62. The molecule has 1 aromatic rings. The molecule has 0 radical (unpaired) electrons. The monoisotopic (exact) mass is 289 g/mol. The molecule has 1 heterocycles. The summed E-state index contributed by atoms with van der Waals surface area (Å²) < 4.78 is 0.664. The molecule has 1 fully saturated rings. The molecule has 0 aromatic heterocycles. The summed E-state index contributed by atoms with van der Waals surface area (Å²) in [4.78, 5) is 0. The molecule has 1 aliphatic rings. The van der Waals surface area contributed by atoms with Crippen LogP contribution in [0.25, 0.3) is 0 Å². The van der Waals surface area contributed by atoms with Gasteiger partial charge >= 0.3 is 0 Å². The zero-order valence-electron chi connectivity index (χ0n) is 8.26. The lowest BCUT2D eigenvalue weighted by Crippen LogP contribution is -2.26. The highest BCUT2D eigenvalue weighted by atomic mass is 79.9. The third kappa shape index (κ3) is 2.47. The number of halogens is 2. The summed E-state index contributed by atoms with van der Waals surface area (Å²) in [5.41, 5.74) is 0.897. The topological polar surface area (TPSA) is 32.3 Å². The van der Waals surface area contributed by atoms with Crippen LogP contribution in [0.15, 0.2) is 16.6 Å². The Bertz CT molecular complexity index is 364. The van der Waals surface area contributed by atoms with Crippen molar-refractivity contribution in [3.8, 4) is 5.75 Å². The zero-order chi connectivity index (χ0) is 10.8. The molecule has 4 heteroatoms. The van der Waals surface area contributed by atoms with Gasteiger partial charge < -0.3 is 10.4 Å². The normalized spacial score (nSPS) is 21.6.